The molecule has 10 heavy (non-hydrogen) atoms. The van der Waals surface area contributed by atoms with Gasteiger partial charge in [-0.15, -0.1) is 0 Å². The summed E-state index contributed by atoms with van der Waals surface area (Å²) in [6.07, 6.45) is 0. The third kappa shape index (κ3) is 0.735. The van der Waals surface area contributed by atoms with Crippen LogP contribution in [0, 0.1) is 4.91 Å². The normalized spacial score (nSPS) is 10.4. The van der Waals surface area contributed by atoms with Crippen molar-refractivity contribution in [1.29, 1.82) is 0 Å². The van der Waals surface area contributed by atoms with E-state index in [4.69, 9.17) is 0 Å². The zero-order chi connectivity index (χ0) is 6.97. The van der Waals surface area contributed by atoms with Crippen molar-refractivity contribution in [2.24, 2.45) is 0 Å². The predicted octanol–water partition coefficient (Wildman–Crippen LogP) is 0.139. The molecule has 1 N–H and O–H groups in total. The molecule has 0 radical (unpaired) electrons. The molecule has 0 atom stereocenters. The first-order valence-corrected chi connectivity index (χ1v) is 4.58. The zero-order valence-electron chi connectivity index (χ0n) is 5.07. The molecule has 2 aromatic rings. The summed E-state index contributed by atoms with van der Waals surface area (Å²) < 4.78 is 4.68. The summed E-state index contributed by atoms with van der Waals surface area (Å²) in [6.45, 7) is 0. The Balaban J connectivity index is 3.07. The molecule has 0 aliphatic heterocycles. The molecular weight excluding hydrogens is 195 g/mol. The van der Waals surface area contributed by atoms with Crippen LogP contribution in [0.15, 0.2) is 24.3 Å². The van der Waals surface area contributed by atoms with E-state index in [9.17, 15) is 4.91 Å². The average molecular weight is 200 g/mol. The minimum atomic E-state index is 0.137. The third-order valence-corrected chi connectivity index (χ3v) is 3.05. The van der Waals surface area contributed by atoms with Crippen molar-refractivity contribution in [3.8, 4) is 0 Å². The maximum atomic E-state index is 10.9. The first-order valence-electron chi connectivity index (χ1n) is 2.87. The van der Waals surface area contributed by atoms with Crippen molar-refractivity contribution >= 4 is 24.5 Å². The molecule has 1 heterocycles. The zero-order valence-corrected chi connectivity index (χ0v) is 6.79. The first-order chi connectivity index (χ1) is 4.88. The van der Waals surface area contributed by atoms with E-state index in [1.165, 1.54) is 0 Å². The second-order valence-corrected chi connectivity index (χ2v) is 3.69. The van der Waals surface area contributed by atoms with E-state index in [-0.39, 0.29) is 14.7 Å². The van der Waals surface area contributed by atoms with Crippen LogP contribution in [-0.2, 0) is 0 Å². The van der Waals surface area contributed by atoms with Gasteiger partial charge >= 0.3 is 62.3 Å². The maximum absolute atomic E-state index is 10.9. The number of nitrogens with one attached hydrogen (secondary N) is 1. The Bertz CT molecular complexity index is 403. The topological polar surface area (TPSA) is 38.8 Å². The van der Waals surface area contributed by atoms with E-state index >= 15 is 0 Å². The van der Waals surface area contributed by atoms with Crippen LogP contribution in [0.1, 0.15) is 0 Å². The van der Waals surface area contributed by atoms with Crippen molar-refractivity contribution in [3.63, 3.8) is 0 Å². The monoisotopic (exact) mass is 201 g/mol. The molecule has 1 aromatic carbocycles. The quantitative estimate of drug-likeness (QED) is 0.476. The summed E-state index contributed by atoms with van der Waals surface area (Å²) in [5, 5.41) is 0. The van der Waals surface area contributed by atoms with Gasteiger partial charge in [-0.1, -0.05) is 0 Å². The van der Waals surface area contributed by atoms with Crippen LogP contribution in [0.4, 0.5) is 0 Å². The van der Waals surface area contributed by atoms with Crippen LogP contribution in [0.5, 0.6) is 0 Å². The van der Waals surface area contributed by atoms with Gasteiger partial charge in [0.15, 0.2) is 0 Å². The van der Waals surface area contributed by atoms with Gasteiger partial charge < -0.3 is 0 Å². The Morgan fingerprint density at radius 2 is 2.20 bits per heavy atom. The Labute approximate surface area is 62.9 Å². The summed E-state index contributed by atoms with van der Waals surface area (Å²) >= 11 is 0.137. The summed E-state index contributed by atoms with van der Waals surface area (Å²) in [4.78, 5) is 10.9. The van der Waals surface area contributed by atoms with Gasteiger partial charge in [-0.2, -0.15) is 0 Å². The van der Waals surface area contributed by atoms with Crippen molar-refractivity contribution in [2.45, 2.75) is 0 Å². The van der Waals surface area contributed by atoms with Gasteiger partial charge in [-0.3, -0.25) is 0 Å². The van der Waals surface area contributed by atoms with Crippen LogP contribution >= 0.6 is 0 Å². The van der Waals surface area contributed by atoms with Gasteiger partial charge in [0.1, 0.15) is 0 Å². The molecule has 1 aromatic heterocycles. The molecule has 0 fully saturated rings. The molecule has 0 bridgehead atoms. The van der Waals surface area contributed by atoms with Crippen LogP contribution in [0.2, 0.25) is 0 Å². The molecular formula is C6H5N2OSe+. The number of rotatable bonds is 0. The molecule has 0 spiro atoms. The number of para-hydroxylation sites is 1. The Morgan fingerprint density at radius 1 is 1.40 bits per heavy atom. The van der Waals surface area contributed by atoms with Crippen LogP contribution in [0.25, 0.3) is 9.78 Å². The molecule has 0 unspecified atom stereocenters. The molecule has 2 rings (SSSR count). The van der Waals surface area contributed by atoms with Gasteiger partial charge in [-0.05, 0) is 0 Å². The predicted molar refractivity (Wildman–Crippen MR) is 38.6 cm³/mol. The summed E-state index contributed by atoms with van der Waals surface area (Å²) in [7, 11) is 0. The number of hydrogen-bond donors (Lipinski definition) is 1. The van der Waals surface area contributed by atoms with E-state index < -0.39 is 0 Å². The van der Waals surface area contributed by atoms with Crippen LogP contribution in [-0.4, -0.2) is 18.8 Å². The van der Waals surface area contributed by atoms with Crippen LogP contribution in [0.3, 0.4) is 0 Å². The molecule has 0 saturated heterocycles. The second kappa shape index (κ2) is 2.08. The van der Waals surface area contributed by atoms with Gasteiger partial charge in [0.2, 0.25) is 0 Å². The number of H-pyrrole nitrogens is 1. The number of nitrogens with zero attached hydrogens (tertiary/aromatic N) is 1. The standard InChI is InChI=1S/C6H5N2OSe/c9-8-5-3-1-2-4-6(5)10-7-8/h1-4H,(H,7,9)/q+1. The minimum absolute atomic E-state index is 0.137. The van der Waals surface area contributed by atoms with Crippen molar-refractivity contribution in [3.05, 3.63) is 29.2 Å². The number of aromatic nitrogens is 2. The Hall–Kier alpha value is -0.861. The summed E-state index contributed by atoms with van der Waals surface area (Å²) in [5.41, 5.74) is 0.766. The first kappa shape index (κ1) is 5.89. The fourth-order valence-electron chi connectivity index (χ4n) is 0.851. The van der Waals surface area contributed by atoms with Gasteiger partial charge in [-0.25, -0.2) is 0 Å². The molecule has 0 aliphatic carbocycles. The second-order valence-electron chi connectivity index (χ2n) is 1.96. The number of benzene rings is 1. The molecule has 3 nitrogen and oxygen atoms in total. The molecule has 0 saturated carbocycles. The van der Waals surface area contributed by atoms with Crippen molar-refractivity contribution < 1.29 is 4.54 Å². The summed E-state index contributed by atoms with van der Waals surface area (Å²) in [6, 6.07) is 7.61. The van der Waals surface area contributed by atoms with E-state index in [0.29, 0.717) is 0 Å². The number of hydrogen-bond acceptors (Lipinski definition) is 1. The Kier molecular flexibility index (Phi) is 1.22. The molecule has 0 aliphatic rings. The molecule has 0 amide bonds. The third-order valence-electron chi connectivity index (χ3n) is 1.32. The molecule has 50 valence electrons. The van der Waals surface area contributed by atoms with Crippen molar-refractivity contribution in [2.75, 3.05) is 0 Å². The van der Waals surface area contributed by atoms with E-state index in [1.54, 1.807) is 0 Å². The fourth-order valence-corrected chi connectivity index (χ4v) is 2.28. The number of fused-ring (bicyclic) bond motifs is 1. The van der Waals surface area contributed by atoms with Crippen LogP contribution < -0.4 is 4.54 Å². The fraction of sp³-hybridized carbons (Fsp3) is 0. The van der Waals surface area contributed by atoms with Gasteiger partial charge in [0.05, 0.1) is 0 Å². The van der Waals surface area contributed by atoms with E-state index in [2.05, 4.69) is 4.09 Å². The average Bonchev–Trinajstić information content (AvgIpc) is 2.34. The van der Waals surface area contributed by atoms with E-state index in [1.807, 2.05) is 24.3 Å². The summed E-state index contributed by atoms with van der Waals surface area (Å²) in [5.74, 6) is 0. The van der Waals surface area contributed by atoms with E-state index in [0.717, 1.165) is 14.3 Å². The van der Waals surface area contributed by atoms with Crippen molar-refractivity contribution in [1.82, 2.24) is 4.09 Å². The Morgan fingerprint density at radius 3 is 3.00 bits per heavy atom. The number of aromatic amines is 1. The van der Waals surface area contributed by atoms with Gasteiger partial charge in [0.25, 0.3) is 0 Å². The SMILES string of the molecule is O=[n+]1[nH][se]c2ccccc21. The van der Waals surface area contributed by atoms with Gasteiger partial charge in [0, 0.05) is 0 Å². The molecule has 4 heteroatoms.